The van der Waals surface area contributed by atoms with E-state index in [9.17, 15) is 14.7 Å². The van der Waals surface area contributed by atoms with Crippen LogP contribution >= 0.6 is 0 Å². The lowest BCUT2D eigenvalue weighted by Crippen LogP contribution is -2.37. The van der Waals surface area contributed by atoms with Crippen LogP contribution in [0.2, 0.25) is 0 Å². The van der Waals surface area contributed by atoms with Crippen LogP contribution < -0.4 is 16.6 Å². The van der Waals surface area contributed by atoms with Crippen molar-refractivity contribution in [1.82, 2.24) is 18.7 Å². The van der Waals surface area contributed by atoms with Gasteiger partial charge in [0.05, 0.1) is 19.2 Å². The number of anilines is 1. The van der Waals surface area contributed by atoms with E-state index in [0.29, 0.717) is 30.1 Å². The number of imidazole rings is 1. The summed E-state index contributed by atoms with van der Waals surface area (Å²) in [6.07, 6.45) is 0.586. The molecule has 0 spiro atoms. The van der Waals surface area contributed by atoms with E-state index in [1.54, 1.807) is 11.6 Å². The van der Waals surface area contributed by atoms with E-state index in [4.69, 9.17) is 0 Å². The van der Waals surface area contributed by atoms with E-state index in [1.165, 1.54) is 11.6 Å². The Morgan fingerprint density at radius 1 is 0.935 bits per heavy atom. The monoisotopic (exact) mass is 419 g/mol. The summed E-state index contributed by atoms with van der Waals surface area (Å²) in [4.78, 5) is 30.0. The number of hydrogen-bond donors (Lipinski definition) is 2. The number of aliphatic hydroxyl groups is 1. The number of fused-ring (bicyclic) bond motifs is 1. The number of aromatic nitrogens is 4. The van der Waals surface area contributed by atoms with Gasteiger partial charge in [-0.1, -0.05) is 60.7 Å². The smallest absolute Gasteiger partial charge is 0.332 e. The second-order valence-corrected chi connectivity index (χ2v) is 7.60. The molecule has 2 aromatic carbocycles. The van der Waals surface area contributed by atoms with Crippen molar-refractivity contribution in [1.29, 1.82) is 0 Å². The molecule has 31 heavy (non-hydrogen) atoms. The average Bonchev–Trinajstić information content (AvgIpc) is 3.15. The van der Waals surface area contributed by atoms with Gasteiger partial charge in [-0.2, -0.15) is 4.98 Å². The van der Waals surface area contributed by atoms with Crippen LogP contribution in [0.5, 0.6) is 0 Å². The maximum Gasteiger partial charge on any atom is 0.332 e. The van der Waals surface area contributed by atoms with Crippen molar-refractivity contribution in [2.24, 2.45) is 14.1 Å². The lowest BCUT2D eigenvalue weighted by atomic mass is 10.1. The molecular weight excluding hydrogens is 394 g/mol. The first-order valence-electron chi connectivity index (χ1n) is 10.1. The predicted octanol–water partition coefficient (Wildman–Crippen LogP) is 1.50. The Labute approximate surface area is 179 Å². The van der Waals surface area contributed by atoms with Gasteiger partial charge in [0.25, 0.3) is 5.56 Å². The number of nitrogens with one attached hydrogen (secondary N) is 1. The van der Waals surface area contributed by atoms with Crippen LogP contribution in [0.4, 0.5) is 5.95 Å². The zero-order valence-electron chi connectivity index (χ0n) is 17.5. The van der Waals surface area contributed by atoms with Gasteiger partial charge in [-0.25, -0.2) is 4.79 Å². The summed E-state index contributed by atoms with van der Waals surface area (Å²) in [5.74, 6) is 0.437. The molecule has 0 saturated heterocycles. The van der Waals surface area contributed by atoms with E-state index in [-0.39, 0.29) is 12.6 Å². The van der Waals surface area contributed by atoms with E-state index < -0.39 is 11.2 Å². The highest BCUT2D eigenvalue weighted by Crippen LogP contribution is 2.19. The molecule has 0 bridgehead atoms. The lowest BCUT2D eigenvalue weighted by Gasteiger charge is -2.18. The minimum Gasteiger partial charge on any atom is -0.394 e. The summed E-state index contributed by atoms with van der Waals surface area (Å²) in [7, 11) is 3.06. The first-order valence-corrected chi connectivity index (χ1v) is 10.1. The Morgan fingerprint density at radius 3 is 2.16 bits per heavy atom. The largest absolute Gasteiger partial charge is 0.394 e. The molecule has 0 fully saturated rings. The van der Waals surface area contributed by atoms with Gasteiger partial charge in [0.2, 0.25) is 5.95 Å². The highest BCUT2D eigenvalue weighted by atomic mass is 16.3. The van der Waals surface area contributed by atoms with Crippen molar-refractivity contribution in [3.05, 3.63) is 92.6 Å². The number of rotatable bonds is 7. The summed E-state index contributed by atoms with van der Waals surface area (Å²) in [5.41, 5.74) is 1.87. The molecule has 8 nitrogen and oxygen atoms in total. The Morgan fingerprint density at radius 2 is 1.55 bits per heavy atom. The van der Waals surface area contributed by atoms with Crippen molar-refractivity contribution >= 4 is 17.1 Å². The topological polar surface area (TPSA) is 94.1 Å². The number of nitrogens with zero attached hydrogens (tertiary/aromatic N) is 4. The van der Waals surface area contributed by atoms with Crippen molar-refractivity contribution in [3.8, 4) is 0 Å². The van der Waals surface area contributed by atoms with Crippen LogP contribution in [0.25, 0.3) is 11.2 Å². The fraction of sp³-hybridized carbons (Fsp3) is 0.261. The third kappa shape index (κ3) is 4.02. The van der Waals surface area contributed by atoms with Crippen molar-refractivity contribution < 1.29 is 5.11 Å². The summed E-state index contributed by atoms with van der Waals surface area (Å²) in [6, 6.07) is 19.3. The summed E-state index contributed by atoms with van der Waals surface area (Å²) >= 11 is 0. The molecule has 0 aliphatic carbocycles. The zero-order chi connectivity index (χ0) is 22.0. The first kappa shape index (κ1) is 20.6. The van der Waals surface area contributed by atoms with Crippen molar-refractivity contribution in [2.45, 2.75) is 19.0 Å². The minimum atomic E-state index is -0.434. The van der Waals surface area contributed by atoms with Crippen LogP contribution in [0.3, 0.4) is 0 Å². The average molecular weight is 419 g/mol. The Kier molecular flexibility index (Phi) is 5.73. The molecule has 0 radical (unpaired) electrons. The predicted molar refractivity (Wildman–Crippen MR) is 120 cm³/mol. The van der Waals surface area contributed by atoms with Gasteiger partial charge in [0.1, 0.15) is 0 Å². The second kappa shape index (κ2) is 8.61. The molecule has 160 valence electrons. The minimum absolute atomic E-state index is 0.111. The summed E-state index contributed by atoms with van der Waals surface area (Å²) in [6.45, 7) is 0.289. The molecular formula is C23H25N5O3. The molecule has 2 aromatic heterocycles. The van der Waals surface area contributed by atoms with Crippen LogP contribution in [0.1, 0.15) is 11.1 Å². The molecule has 0 aliphatic rings. The first-order chi connectivity index (χ1) is 15.0. The fourth-order valence-electron chi connectivity index (χ4n) is 3.72. The van der Waals surface area contributed by atoms with Crippen LogP contribution in [0, 0.1) is 0 Å². The lowest BCUT2D eigenvalue weighted by molar-refractivity contribution is 0.273. The third-order valence-corrected chi connectivity index (χ3v) is 5.41. The molecule has 0 amide bonds. The van der Waals surface area contributed by atoms with Gasteiger partial charge >= 0.3 is 5.69 Å². The third-order valence-electron chi connectivity index (χ3n) is 5.41. The number of benzene rings is 2. The van der Waals surface area contributed by atoms with E-state index in [1.807, 2.05) is 60.7 Å². The highest BCUT2D eigenvalue weighted by molar-refractivity contribution is 5.74. The Bertz CT molecular complexity index is 1310. The second-order valence-electron chi connectivity index (χ2n) is 7.60. The summed E-state index contributed by atoms with van der Waals surface area (Å²) in [5, 5.41) is 13.3. The van der Waals surface area contributed by atoms with Crippen LogP contribution in [-0.2, 0) is 27.1 Å². The summed E-state index contributed by atoms with van der Waals surface area (Å²) < 4.78 is 4.23. The molecule has 0 unspecified atom stereocenters. The Balaban J connectivity index is 1.82. The SMILES string of the molecule is Cn1c(=O)c2c(nc(N[C@@H](CO)Cc3ccccc3)n2Cc2ccccc2)n(C)c1=O. The van der Waals surface area contributed by atoms with Crippen LogP contribution in [0.15, 0.2) is 70.3 Å². The van der Waals surface area contributed by atoms with Gasteiger partial charge in [-0.15, -0.1) is 0 Å². The van der Waals surface area contributed by atoms with Crippen LogP contribution in [-0.4, -0.2) is 36.4 Å². The number of aliphatic hydroxyl groups excluding tert-OH is 1. The Hall–Kier alpha value is -3.65. The van der Waals surface area contributed by atoms with E-state index >= 15 is 0 Å². The maximum absolute atomic E-state index is 13.0. The number of hydrogen-bond acceptors (Lipinski definition) is 5. The number of aryl methyl sites for hydroxylation is 1. The maximum atomic E-state index is 13.0. The van der Waals surface area contributed by atoms with Gasteiger partial charge in [-0.3, -0.25) is 18.5 Å². The normalized spacial score (nSPS) is 12.2. The molecule has 8 heteroatoms. The molecule has 2 heterocycles. The van der Waals surface area contributed by atoms with E-state index in [0.717, 1.165) is 15.7 Å². The van der Waals surface area contributed by atoms with Gasteiger partial charge in [-0.05, 0) is 17.5 Å². The van der Waals surface area contributed by atoms with E-state index in [2.05, 4.69) is 10.3 Å². The highest BCUT2D eigenvalue weighted by Gasteiger charge is 2.21. The molecule has 1 atom stereocenters. The quantitative estimate of drug-likeness (QED) is 0.474. The molecule has 0 aliphatic heterocycles. The van der Waals surface area contributed by atoms with Crippen molar-refractivity contribution in [2.75, 3.05) is 11.9 Å². The standard InChI is InChI=1S/C23H25N5O3/c1-26-20-19(21(30)27(2)23(26)31)28(14-17-11-7-4-8-12-17)22(25-20)24-18(15-29)13-16-9-5-3-6-10-16/h3-12,18,29H,13-15H2,1-2H3,(H,24,25)/t18-/m1/s1. The molecule has 0 saturated carbocycles. The van der Waals surface area contributed by atoms with Crippen molar-refractivity contribution in [3.63, 3.8) is 0 Å². The molecule has 2 N–H and O–H groups in total. The van der Waals surface area contributed by atoms with Gasteiger partial charge in [0.15, 0.2) is 11.2 Å². The molecule has 4 aromatic rings. The van der Waals surface area contributed by atoms with Gasteiger partial charge in [0, 0.05) is 14.1 Å². The zero-order valence-corrected chi connectivity index (χ0v) is 17.5. The molecule has 4 rings (SSSR count). The fourth-order valence-corrected chi connectivity index (χ4v) is 3.72. The van der Waals surface area contributed by atoms with Gasteiger partial charge < -0.3 is 10.4 Å².